The fourth-order valence-corrected chi connectivity index (χ4v) is 1.59. The van der Waals surface area contributed by atoms with Gasteiger partial charge in [0, 0.05) is 6.54 Å². The van der Waals surface area contributed by atoms with Crippen LogP contribution < -0.4 is 16.4 Å². The first-order chi connectivity index (χ1) is 7.70. The third kappa shape index (κ3) is 1.99. The van der Waals surface area contributed by atoms with Crippen molar-refractivity contribution in [1.82, 2.24) is 4.98 Å². The summed E-state index contributed by atoms with van der Waals surface area (Å²) < 4.78 is 5.25. The summed E-state index contributed by atoms with van der Waals surface area (Å²) in [7, 11) is 0. The van der Waals surface area contributed by atoms with Crippen molar-refractivity contribution >= 4 is 17.3 Å². The van der Waals surface area contributed by atoms with E-state index in [4.69, 9.17) is 21.5 Å². The van der Waals surface area contributed by atoms with Crippen LogP contribution in [-0.4, -0.2) is 30.8 Å². The van der Waals surface area contributed by atoms with E-state index in [1.165, 1.54) is 0 Å². The van der Waals surface area contributed by atoms with E-state index in [0.29, 0.717) is 31.2 Å². The molecule has 6 heteroatoms. The molecule has 1 aromatic heterocycles. The van der Waals surface area contributed by atoms with Crippen molar-refractivity contribution in [2.45, 2.75) is 6.10 Å². The van der Waals surface area contributed by atoms with E-state index in [0.717, 1.165) is 5.82 Å². The van der Waals surface area contributed by atoms with Crippen LogP contribution in [0.1, 0.15) is 0 Å². The highest BCUT2D eigenvalue weighted by Crippen LogP contribution is 2.20. The van der Waals surface area contributed by atoms with E-state index in [-0.39, 0.29) is 0 Å². The lowest BCUT2D eigenvalue weighted by Gasteiger charge is -2.30. The average molecular weight is 219 g/mol. The first kappa shape index (κ1) is 10.5. The Bertz CT molecular complexity index is 428. The van der Waals surface area contributed by atoms with Crippen LogP contribution in [0.3, 0.4) is 0 Å². The third-order valence-corrected chi connectivity index (χ3v) is 2.48. The molecule has 1 aromatic rings. The SMILES string of the molecule is N#CC1CN(c2ccc(N)c(N)n2)CCO1. The van der Waals surface area contributed by atoms with Gasteiger partial charge in [0.05, 0.1) is 24.9 Å². The molecule has 1 aliphatic rings. The van der Waals surface area contributed by atoms with Gasteiger partial charge in [-0.1, -0.05) is 0 Å². The fourth-order valence-electron chi connectivity index (χ4n) is 1.59. The molecule has 1 unspecified atom stereocenters. The van der Waals surface area contributed by atoms with Gasteiger partial charge in [-0.05, 0) is 12.1 Å². The Hall–Kier alpha value is -2.00. The number of nitriles is 1. The number of rotatable bonds is 1. The van der Waals surface area contributed by atoms with Crippen LogP contribution in [-0.2, 0) is 4.74 Å². The van der Waals surface area contributed by atoms with Gasteiger partial charge in [0.15, 0.2) is 6.10 Å². The van der Waals surface area contributed by atoms with Crippen molar-refractivity contribution < 1.29 is 4.74 Å². The van der Waals surface area contributed by atoms with Gasteiger partial charge in [0.2, 0.25) is 0 Å². The normalized spacial score (nSPS) is 20.4. The maximum atomic E-state index is 8.79. The number of ether oxygens (including phenoxy) is 1. The van der Waals surface area contributed by atoms with Crippen LogP contribution in [0, 0.1) is 11.3 Å². The number of aromatic nitrogens is 1. The molecular weight excluding hydrogens is 206 g/mol. The van der Waals surface area contributed by atoms with Crippen molar-refractivity contribution in [1.29, 1.82) is 5.26 Å². The van der Waals surface area contributed by atoms with Crippen LogP contribution in [0.4, 0.5) is 17.3 Å². The van der Waals surface area contributed by atoms with Crippen molar-refractivity contribution in [2.75, 3.05) is 36.1 Å². The Kier molecular flexibility index (Phi) is 2.79. The number of pyridine rings is 1. The van der Waals surface area contributed by atoms with E-state index in [2.05, 4.69) is 11.1 Å². The van der Waals surface area contributed by atoms with Crippen LogP contribution in [0.2, 0.25) is 0 Å². The Morgan fingerprint density at radius 3 is 3.00 bits per heavy atom. The average Bonchev–Trinajstić information content (AvgIpc) is 2.33. The molecule has 0 amide bonds. The number of nitrogen functional groups attached to an aromatic ring is 2. The lowest BCUT2D eigenvalue weighted by atomic mass is 10.3. The summed E-state index contributed by atoms with van der Waals surface area (Å²) in [6.45, 7) is 1.73. The Morgan fingerprint density at radius 1 is 1.50 bits per heavy atom. The maximum absolute atomic E-state index is 8.79. The van der Waals surface area contributed by atoms with Crippen LogP contribution in [0.25, 0.3) is 0 Å². The lowest BCUT2D eigenvalue weighted by molar-refractivity contribution is 0.0761. The quantitative estimate of drug-likeness (QED) is 0.688. The Labute approximate surface area is 93.4 Å². The maximum Gasteiger partial charge on any atom is 0.161 e. The molecule has 0 aliphatic carbocycles. The molecular formula is C10H13N5O. The summed E-state index contributed by atoms with van der Waals surface area (Å²) in [6.07, 6.45) is -0.408. The van der Waals surface area contributed by atoms with Crippen molar-refractivity contribution in [3.05, 3.63) is 12.1 Å². The summed E-state index contributed by atoms with van der Waals surface area (Å²) in [4.78, 5) is 6.14. The molecule has 0 saturated carbocycles. The van der Waals surface area contributed by atoms with E-state index >= 15 is 0 Å². The van der Waals surface area contributed by atoms with E-state index in [9.17, 15) is 0 Å². The van der Waals surface area contributed by atoms with Gasteiger partial charge in [0.1, 0.15) is 11.6 Å². The summed E-state index contributed by atoms with van der Waals surface area (Å²) >= 11 is 0. The highest BCUT2D eigenvalue weighted by atomic mass is 16.5. The second-order valence-electron chi connectivity index (χ2n) is 3.58. The number of hydrogen-bond acceptors (Lipinski definition) is 6. The van der Waals surface area contributed by atoms with Crippen molar-refractivity contribution in [3.63, 3.8) is 0 Å². The van der Waals surface area contributed by atoms with Gasteiger partial charge in [-0.2, -0.15) is 5.26 Å². The monoisotopic (exact) mass is 219 g/mol. The lowest BCUT2D eigenvalue weighted by Crippen LogP contribution is -2.42. The molecule has 0 spiro atoms. The predicted octanol–water partition coefficient (Wildman–Crippen LogP) is -0.0252. The highest BCUT2D eigenvalue weighted by Gasteiger charge is 2.21. The number of morpholine rings is 1. The van der Waals surface area contributed by atoms with Crippen LogP contribution in [0.5, 0.6) is 0 Å². The van der Waals surface area contributed by atoms with Gasteiger partial charge in [-0.15, -0.1) is 0 Å². The second kappa shape index (κ2) is 4.24. The highest BCUT2D eigenvalue weighted by molar-refractivity contribution is 5.62. The molecule has 84 valence electrons. The topological polar surface area (TPSA) is 101 Å². The number of nitrogens with zero attached hydrogens (tertiary/aromatic N) is 3. The van der Waals surface area contributed by atoms with Gasteiger partial charge < -0.3 is 21.1 Å². The molecule has 6 nitrogen and oxygen atoms in total. The van der Waals surface area contributed by atoms with Crippen LogP contribution in [0.15, 0.2) is 12.1 Å². The molecule has 0 bridgehead atoms. The summed E-state index contributed by atoms with van der Waals surface area (Å²) in [5, 5.41) is 8.79. The Morgan fingerprint density at radius 2 is 2.31 bits per heavy atom. The summed E-state index contributed by atoms with van der Waals surface area (Å²) in [5.74, 6) is 1.05. The minimum atomic E-state index is -0.408. The van der Waals surface area contributed by atoms with Gasteiger partial charge in [0.25, 0.3) is 0 Å². The molecule has 0 aromatic carbocycles. The zero-order valence-corrected chi connectivity index (χ0v) is 8.76. The van der Waals surface area contributed by atoms with E-state index in [1.807, 2.05) is 4.90 Å². The van der Waals surface area contributed by atoms with Crippen LogP contribution >= 0.6 is 0 Å². The molecule has 1 atom stereocenters. The molecule has 2 heterocycles. The van der Waals surface area contributed by atoms with Crippen molar-refractivity contribution in [2.24, 2.45) is 0 Å². The Balaban J connectivity index is 2.17. The van der Waals surface area contributed by atoms with E-state index < -0.39 is 6.10 Å². The molecule has 1 saturated heterocycles. The molecule has 16 heavy (non-hydrogen) atoms. The van der Waals surface area contributed by atoms with Gasteiger partial charge >= 0.3 is 0 Å². The predicted molar refractivity (Wildman–Crippen MR) is 60.6 cm³/mol. The zero-order chi connectivity index (χ0) is 11.5. The molecule has 2 rings (SSSR count). The van der Waals surface area contributed by atoms with Gasteiger partial charge in [-0.3, -0.25) is 0 Å². The summed E-state index contributed by atoms with van der Waals surface area (Å²) in [6, 6.07) is 5.60. The number of hydrogen-bond donors (Lipinski definition) is 2. The number of anilines is 3. The standard InChI is InChI=1S/C10H13N5O/c11-5-7-6-15(3-4-16-7)9-2-1-8(12)10(13)14-9/h1-2,7H,3-4,6,12H2,(H2,13,14). The zero-order valence-electron chi connectivity index (χ0n) is 8.76. The molecule has 1 fully saturated rings. The minimum Gasteiger partial charge on any atom is -0.396 e. The first-order valence-electron chi connectivity index (χ1n) is 4.99. The molecule has 0 radical (unpaired) electrons. The van der Waals surface area contributed by atoms with E-state index in [1.54, 1.807) is 12.1 Å². The third-order valence-electron chi connectivity index (χ3n) is 2.48. The fraction of sp³-hybridized carbons (Fsp3) is 0.400. The minimum absolute atomic E-state index is 0.317. The molecule has 4 N–H and O–H groups in total. The van der Waals surface area contributed by atoms with Crippen molar-refractivity contribution in [3.8, 4) is 6.07 Å². The first-order valence-corrected chi connectivity index (χ1v) is 4.99. The van der Waals surface area contributed by atoms with Gasteiger partial charge in [-0.25, -0.2) is 4.98 Å². The summed E-state index contributed by atoms with van der Waals surface area (Å²) in [5.41, 5.74) is 11.7. The molecule has 1 aliphatic heterocycles. The smallest absolute Gasteiger partial charge is 0.161 e. The number of nitrogens with two attached hydrogens (primary N) is 2. The largest absolute Gasteiger partial charge is 0.396 e. The second-order valence-corrected chi connectivity index (χ2v) is 3.58.